The van der Waals surface area contributed by atoms with Crippen LogP contribution in [0.5, 0.6) is 0 Å². The normalized spacial score (nSPS) is 11.5. The molecule has 0 aliphatic heterocycles. The maximum absolute atomic E-state index is 11.7. The summed E-state index contributed by atoms with van der Waals surface area (Å²) in [6.45, 7) is 0. The summed E-state index contributed by atoms with van der Waals surface area (Å²) >= 11 is 0. The number of pyridine rings is 1. The van der Waals surface area contributed by atoms with Crippen LogP contribution in [0.3, 0.4) is 0 Å². The van der Waals surface area contributed by atoms with Crippen molar-refractivity contribution in [3.05, 3.63) is 79.0 Å². The SMILES string of the molecule is Nc1c(N=Nc2cccnc2-c2ccccc2)cc(S(=O)(=O)[O-])c2ccccc12.[Na+]. The number of nitrogens with two attached hydrogens (primary N) is 1. The number of hydrogen-bond donors (Lipinski definition) is 1. The Hall–Kier alpha value is -2.62. The molecule has 2 N–H and O–H groups in total. The molecule has 30 heavy (non-hydrogen) atoms. The molecule has 3 aromatic carbocycles. The minimum atomic E-state index is -4.72. The second-order valence-corrected chi connectivity index (χ2v) is 7.59. The van der Waals surface area contributed by atoms with Crippen molar-refractivity contribution in [2.24, 2.45) is 10.2 Å². The molecule has 9 heteroatoms. The van der Waals surface area contributed by atoms with Crippen molar-refractivity contribution in [3.63, 3.8) is 0 Å². The van der Waals surface area contributed by atoms with Crippen LogP contribution in [0.25, 0.3) is 22.0 Å². The molecule has 0 aliphatic carbocycles. The van der Waals surface area contributed by atoms with Crippen molar-refractivity contribution in [1.29, 1.82) is 0 Å². The standard InChI is InChI=1S/C21H16N4O3S.Na/c22-20-16-10-5-4-9-15(16)19(29(26,27)28)13-18(20)25-24-17-11-6-12-23-21(17)14-7-2-1-3-8-14;/h1-13H,22H2,(H,26,27,28);/q;+1/p-1. The van der Waals surface area contributed by atoms with E-state index in [1.54, 1.807) is 36.5 Å². The predicted octanol–water partition coefficient (Wildman–Crippen LogP) is 1.81. The number of benzene rings is 3. The minimum absolute atomic E-state index is 0. The van der Waals surface area contributed by atoms with Crippen molar-refractivity contribution < 1.29 is 42.5 Å². The molecule has 0 radical (unpaired) electrons. The van der Waals surface area contributed by atoms with Gasteiger partial charge in [0.05, 0.1) is 16.3 Å². The largest absolute Gasteiger partial charge is 1.00 e. The van der Waals surface area contributed by atoms with Crippen LogP contribution in [-0.2, 0) is 10.1 Å². The first-order valence-electron chi connectivity index (χ1n) is 8.64. The number of aromatic nitrogens is 1. The third-order valence-electron chi connectivity index (χ3n) is 4.39. The molecule has 4 aromatic rings. The molecule has 0 saturated heterocycles. The Balaban J connectivity index is 0.00000256. The Morgan fingerprint density at radius 2 is 1.47 bits per heavy atom. The Kier molecular flexibility index (Phi) is 6.64. The van der Waals surface area contributed by atoms with Gasteiger partial charge in [-0.1, -0.05) is 54.6 Å². The van der Waals surface area contributed by atoms with Gasteiger partial charge in [-0.2, -0.15) is 0 Å². The van der Waals surface area contributed by atoms with Gasteiger partial charge in [0.2, 0.25) is 0 Å². The van der Waals surface area contributed by atoms with Crippen LogP contribution in [0.4, 0.5) is 17.1 Å². The number of fused-ring (bicyclic) bond motifs is 1. The zero-order valence-corrected chi connectivity index (χ0v) is 18.9. The molecule has 0 aliphatic rings. The quantitative estimate of drug-likeness (QED) is 0.231. The van der Waals surface area contributed by atoms with Crippen molar-refractivity contribution in [2.75, 3.05) is 5.73 Å². The fourth-order valence-electron chi connectivity index (χ4n) is 3.04. The summed E-state index contributed by atoms with van der Waals surface area (Å²) in [6, 6.07) is 20.6. The number of anilines is 1. The van der Waals surface area contributed by atoms with E-state index in [9.17, 15) is 13.0 Å². The Labute approximate surface area is 195 Å². The van der Waals surface area contributed by atoms with E-state index < -0.39 is 10.1 Å². The zero-order valence-electron chi connectivity index (χ0n) is 16.1. The maximum Gasteiger partial charge on any atom is 1.00 e. The molecule has 0 amide bonds. The molecule has 0 saturated carbocycles. The number of nitrogen functional groups attached to an aromatic ring is 1. The van der Waals surface area contributed by atoms with E-state index in [4.69, 9.17) is 5.73 Å². The fraction of sp³-hybridized carbons (Fsp3) is 0. The van der Waals surface area contributed by atoms with Gasteiger partial charge in [-0.05, 0) is 18.2 Å². The van der Waals surface area contributed by atoms with Crippen LogP contribution in [0.2, 0.25) is 0 Å². The molecular weight excluding hydrogens is 411 g/mol. The summed E-state index contributed by atoms with van der Waals surface area (Å²) in [4.78, 5) is 3.98. The summed E-state index contributed by atoms with van der Waals surface area (Å²) < 4.78 is 35.2. The van der Waals surface area contributed by atoms with E-state index in [-0.39, 0.29) is 51.2 Å². The fourth-order valence-corrected chi connectivity index (χ4v) is 3.75. The Morgan fingerprint density at radius 1 is 0.833 bits per heavy atom. The van der Waals surface area contributed by atoms with E-state index in [0.29, 0.717) is 16.8 Å². The van der Waals surface area contributed by atoms with Gasteiger partial charge in [0.15, 0.2) is 0 Å². The average molecular weight is 426 g/mol. The van der Waals surface area contributed by atoms with Crippen LogP contribution in [0.1, 0.15) is 0 Å². The second kappa shape index (κ2) is 9.03. The first-order chi connectivity index (χ1) is 13.9. The number of nitrogens with zero attached hydrogens (tertiary/aromatic N) is 3. The Morgan fingerprint density at radius 3 is 2.17 bits per heavy atom. The van der Waals surface area contributed by atoms with Crippen LogP contribution in [0.15, 0.2) is 94.1 Å². The number of azo groups is 1. The van der Waals surface area contributed by atoms with Gasteiger partial charge in [-0.15, -0.1) is 10.2 Å². The number of hydrogen-bond acceptors (Lipinski definition) is 7. The first-order valence-corrected chi connectivity index (χ1v) is 10.1. The van der Waals surface area contributed by atoms with Crippen LogP contribution in [0, 0.1) is 0 Å². The van der Waals surface area contributed by atoms with E-state index >= 15 is 0 Å². The van der Waals surface area contributed by atoms with Crippen molar-refractivity contribution in [2.45, 2.75) is 4.90 Å². The molecule has 144 valence electrons. The van der Waals surface area contributed by atoms with Crippen LogP contribution >= 0.6 is 0 Å². The van der Waals surface area contributed by atoms with E-state index in [1.807, 2.05) is 30.3 Å². The van der Waals surface area contributed by atoms with Crippen LogP contribution in [-0.4, -0.2) is 18.0 Å². The summed E-state index contributed by atoms with van der Waals surface area (Å²) in [7, 11) is -4.72. The van der Waals surface area contributed by atoms with Crippen molar-refractivity contribution >= 4 is 38.0 Å². The molecule has 1 aromatic heterocycles. The summed E-state index contributed by atoms with van der Waals surface area (Å²) in [5.74, 6) is 0. The molecule has 7 nitrogen and oxygen atoms in total. The van der Waals surface area contributed by atoms with Gasteiger partial charge in [-0.3, -0.25) is 4.98 Å². The van der Waals surface area contributed by atoms with E-state index in [0.717, 1.165) is 11.6 Å². The maximum atomic E-state index is 11.7. The van der Waals surface area contributed by atoms with Gasteiger partial charge in [-0.25, -0.2) is 8.42 Å². The zero-order chi connectivity index (χ0) is 20.4. The molecule has 1 heterocycles. The molecule has 4 rings (SSSR count). The molecule has 0 fully saturated rings. The summed E-state index contributed by atoms with van der Waals surface area (Å²) in [6.07, 6.45) is 1.65. The third kappa shape index (κ3) is 4.43. The van der Waals surface area contributed by atoms with Gasteiger partial charge < -0.3 is 10.3 Å². The topological polar surface area (TPSA) is 121 Å². The molecule has 0 unspecified atom stereocenters. The summed E-state index contributed by atoms with van der Waals surface area (Å²) in [5.41, 5.74) is 8.47. The van der Waals surface area contributed by atoms with E-state index in [1.165, 1.54) is 6.07 Å². The third-order valence-corrected chi connectivity index (χ3v) is 5.27. The van der Waals surface area contributed by atoms with Gasteiger partial charge in [0.25, 0.3) is 0 Å². The monoisotopic (exact) mass is 426 g/mol. The molecule has 0 bridgehead atoms. The van der Waals surface area contributed by atoms with Crippen molar-refractivity contribution in [3.8, 4) is 11.3 Å². The van der Waals surface area contributed by atoms with Crippen molar-refractivity contribution in [1.82, 2.24) is 4.98 Å². The van der Waals surface area contributed by atoms with Gasteiger partial charge in [0, 0.05) is 22.5 Å². The smallest absolute Gasteiger partial charge is 0.744 e. The van der Waals surface area contributed by atoms with E-state index in [2.05, 4.69) is 15.2 Å². The average Bonchev–Trinajstić information content (AvgIpc) is 2.73. The second-order valence-electron chi connectivity index (χ2n) is 6.24. The van der Waals surface area contributed by atoms with Gasteiger partial charge >= 0.3 is 29.6 Å². The molecule has 0 spiro atoms. The minimum Gasteiger partial charge on any atom is -0.744 e. The molecule has 0 atom stereocenters. The van der Waals surface area contributed by atoms with Gasteiger partial charge in [0.1, 0.15) is 21.5 Å². The van der Waals surface area contributed by atoms with Crippen LogP contribution < -0.4 is 35.3 Å². The number of rotatable bonds is 4. The first kappa shape index (κ1) is 22.1. The predicted molar refractivity (Wildman–Crippen MR) is 110 cm³/mol. The molecular formula is C21H15N4NaO3S. The Bertz CT molecular complexity index is 1340. The summed E-state index contributed by atoms with van der Waals surface area (Å²) in [5, 5.41) is 9.05.